The van der Waals surface area contributed by atoms with E-state index in [1.807, 2.05) is 6.92 Å². The molecule has 0 aliphatic carbocycles. The monoisotopic (exact) mass is 521 g/mol. The van der Waals surface area contributed by atoms with Gasteiger partial charge in [0.1, 0.15) is 17.6 Å². The first kappa shape index (κ1) is 26.5. The molecular formula is C28H28FN3O6. The van der Waals surface area contributed by atoms with Crippen LogP contribution in [0.1, 0.15) is 18.9 Å². The van der Waals surface area contributed by atoms with Gasteiger partial charge in [-0.15, -0.1) is 0 Å². The van der Waals surface area contributed by atoms with Crippen LogP contribution >= 0.6 is 0 Å². The van der Waals surface area contributed by atoms with Crippen LogP contribution in [-0.4, -0.2) is 49.6 Å². The molecule has 0 spiro atoms. The summed E-state index contributed by atoms with van der Waals surface area (Å²) in [6, 6.07) is 15.3. The Bertz CT molecular complexity index is 1310. The second-order valence-electron chi connectivity index (χ2n) is 8.48. The molecule has 0 saturated carbocycles. The van der Waals surface area contributed by atoms with Crippen LogP contribution in [0.4, 0.5) is 20.6 Å². The summed E-state index contributed by atoms with van der Waals surface area (Å²) in [4.78, 5) is 42.2. The van der Waals surface area contributed by atoms with E-state index in [0.29, 0.717) is 35.1 Å². The highest BCUT2D eigenvalue weighted by Crippen LogP contribution is 2.32. The molecule has 1 fully saturated rings. The van der Waals surface area contributed by atoms with Crippen LogP contribution < -0.4 is 24.4 Å². The molecule has 4 amide bonds. The zero-order valence-corrected chi connectivity index (χ0v) is 21.3. The summed E-state index contributed by atoms with van der Waals surface area (Å²) in [5.74, 6) is 0.115. The van der Waals surface area contributed by atoms with Gasteiger partial charge in [-0.25, -0.2) is 14.1 Å². The molecule has 198 valence electrons. The van der Waals surface area contributed by atoms with E-state index in [2.05, 4.69) is 5.32 Å². The number of hydrogen-bond acceptors (Lipinski definition) is 6. The maximum absolute atomic E-state index is 13.5. The zero-order valence-electron chi connectivity index (χ0n) is 21.3. The van der Waals surface area contributed by atoms with Crippen LogP contribution in [-0.2, 0) is 16.1 Å². The lowest BCUT2D eigenvalue weighted by Crippen LogP contribution is -2.37. The van der Waals surface area contributed by atoms with Gasteiger partial charge in [-0.05, 0) is 73.2 Å². The second kappa shape index (κ2) is 11.6. The van der Waals surface area contributed by atoms with Gasteiger partial charge in [0.15, 0.2) is 11.5 Å². The third-order valence-corrected chi connectivity index (χ3v) is 6.03. The van der Waals surface area contributed by atoms with Crippen LogP contribution in [0, 0.1) is 5.82 Å². The average molecular weight is 522 g/mol. The summed E-state index contributed by atoms with van der Waals surface area (Å²) in [5.41, 5.74) is 1.41. The van der Waals surface area contributed by atoms with E-state index in [0.717, 1.165) is 4.90 Å². The fourth-order valence-corrected chi connectivity index (χ4v) is 4.21. The van der Waals surface area contributed by atoms with E-state index < -0.39 is 29.7 Å². The topological polar surface area (TPSA) is 97.4 Å². The minimum Gasteiger partial charge on any atom is -0.494 e. The normalized spacial score (nSPS) is 15.0. The number of urea groups is 1. The molecule has 38 heavy (non-hydrogen) atoms. The number of imide groups is 1. The summed E-state index contributed by atoms with van der Waals surface area (Å²) >= 11 is 0. The highest BCUT2D eigenvalue weighted by Gasteiger charge is 2.46. The fraction of sp³-hybridized carbons (Fsp3) is 0.250. The predicted octanol–water partition coefficient (Wildman–Crippen LogP) is 4.61. The van der Waals surface area contributed by atoms with Crippen molar-refractivity contribution < 1.29 is 33.0 Å². The molecule has 1 aliphatic heterocycles. The lowest BCUT2D eigenvalue weighted by molar-refractivity contribution is -0.124. The van der Waals surface area contributed by atoms with E-state index >= 15 is 0 Å². The molecule has 1 saturated heterocycles. The molecule has 1 heterocycles. The first-order valence-electron chi connectivity index (χ1n) is 12.0. The van der Waals surface area contributed by atoms with Crippen molar-refractivity contribution in [3.63, 3.8) is 0 Å². The molecular weight excluding hydrogens is 493 g/mol. The number of rotatable bonds is 10. The molecule has 9 nitrogen and oxygen atoms in total. The highest BCUT2D eigenvalue weighted by atomic mass is 19.1. The summed E-state index contributed by atoms with van der Waals surface area (Å²) in [7, 11) is 3.01. The van der Waals surface area contributed by atoms with Gasteiger partial charge in [0.2, 0.25) is 5.91 Å². The smallest absolute Gasteiger partial charge is 0.332 e. The highest BCUT2D eigenvalue weighted by molar-refractivity contribution is 6.22. The van der Waals surface area contributed by atoms with Crippen molar-refractivity contribution in [1.29, 1.82) is 0 Å². The Morgan fingerprint density at radius 3 is 2.26 bits per heavy atom. The molecule has 3 aromatic rings. The van der Waals surface area contributed by atoms with Crippen molar-refractivity contribution in [2.75, 3.05) is 31.0 Å². The number of halogens is 1. The molecule has 1 aliphatic rings. The van der Waals surface area contributed by atoms with Crippen molar-refractivity contribution in [3.8, 4) is 17.2 Å². The number of hydrogen-bond donors (Lipinski definition) is 1. The van der Waals surface area contributed by atoms with Gasteiger partial charge in [0.05, 0.1) is 32.9 Å². The minimum atomic E-state index is -1.08. The zero-order chi connectivity index (χ0) is 27.2. The van der Waals surface area contributed by atoms with Crippen LogP contribution in [0.15, 0.2) is 66.7 Å². The minimum absolute atomic E-state index is 0.0314. The number of methoxy groups -OCH3 is 2. The Balaban J connectivity index is 1.59. The number of benzene rings is 3. The maximum atomic E-state index is 13.5. The first-order valence-corrected chi connectivity index (χ1v) is 12.0. The largest absolute Gasteiger partial charge is 0.494 e. The quantitative estimate of drug-likeness (QED) is 0.392. The molecule has 1 atom stereocenters. The number of amides is 4. The first-order chi connectivity index (χ1) is 18.3. The summed E-state index contributed by atoms with van der Waals surface area (Å²) in [6.45, 7) is 2.42. The molecule has 0 radical (unpaired) electrons. The van der Waals surface area contributed by atoms with Crippen LogP contribution in [0.2, 0.25) is 0 Å². The Labute approximate surface area is 219 Å². The SMILES string of the molecule is CCOc1ccc(NC(=O)C[C@H]2C(=O)N(c3ccc(F)cc3)C(=O)N2Cc2ccc(OC)c(OC)c2)cc1. The van der Waals surface area contributed by atoms with Crippen LogP contribution in [0.25, 0.3) is 0 Å². The van der Waals surface area contributed by atoms with E-state index in [1.165, 1.54) is 43.4 Å². The predicted molar refractivity (Wildman–Crippen MR) is 139 cm³/mol. The van der Waals surface area contributed by atoms with E-state index in [1.54, 1.807) is 42.5 Å². The van der Waals surface area contributed by atoms with Crippen molar-refractivity contribution in [2.24, 2.45) is 0 Å². The van der Waals surface area contributed by atoms with Gasteiger partial charge in [0.25, 0.3) is 5.91 Å². The Morgan fingerprint density at radius 2 is 1.63 bits per heavy atom. The number of carbonyl (C=O) groups is 3. The lowest BCUT2D eigenvalue weighted by Gasteiger charge is -2.22. The Morgan fingerprint density at radius 1 is 0.947 bits per heavy atom. The number of ether oxygens (including phenoxy) is 3. The van der Waals surface area contributed by atoms with E-state index in [9.17, 15) is 18.8 Å². The van der Waals surface area contributed by atoms with Crippen molar-refractivity contribution >= 4 is 29.2 Å². The summed E-state index contributed by atoms with van der Waals surface area (Å²) in [5, 5.41) is 2.76. The van der Waals surface area contributed by atoms with E-state index in [-0.39, 0.29) is 18.7 Å². The number of nitrogens with one attached hydrogen (secondary N) is 1. The van der Waals surface area contributed by atoms with Crippen molar-refractivity contribution in [1.82, 2.24) is 4.90 Å². The fourth-order valence-electron chi connectivity index (χ4n) is 4.21. The van der Waals surface area contributed by atoms with Gasteiger partial charge in [-0.3, -0.25) is 9.59 Å². The van der Waals surface area contributed by atoms with Gasteiger partial charge in [-0.2, -0.15) is 0 Å². The van der Waals surface area contributed by atoms with E-state index in [4.69, 9.17) is 14.2 Å². The molecule has 1 N–H and O–H groups in total. The molecule has 4 rings (SSSR count). The molecule has 3 aromatic carbocycles. The van der Waals surface area contributed by atoms with Crippen molar-refractivity contribution in [2.45, 2.75) is 25.9 Å². The summed E-state index contributed by atoms with van der Waals surface area (Å²) in [6.07, 6.45) is -0.275. The van der Waals surface area contributed by atoms with Gasteiger partial charge < -0.3 is 24.4 Å². The van der Waals surface area contributed by atoms with Gasteiger partial charge in [0, 0.05) is 12.2 Å². The third kappa shape index (κ3) is 5.69. The van der Waals surface area contributed by atoms with Gasteiger partial charge in [-0.1, -0.05) is 6.07 Å². The Hall–Kier alpha value is -4.60. The number of anilines is 2. The average Bonchev–Trinajstić information content (AvgIpc) is 3.14. The summed E-state index contributed by atoms with van der Waals surface area (Å²) < 4.78 is 29.6. The van der Waals surface area contributed by atoms with Crippen molar-refractivity contribution in [3.05, 3.63) is 78.1 Å². The van der Waals surface area contributed by atoms with Gasteiger partial charge >= 0.3 is 6.03 Å². The Kier molecular flexibility index (Phi) is 8.10. The standard InChI is InChI=1S/C28H28FN3O6/c1-4-38-22-12-8-20(9-13-22)30-26(33)16-23-27(34)32(21-10-6-19(29)7-11-21)28(35)31(23)17-18-5-14-24(36-2)25(15-18)37-3/h5-15,23H,4,16-17H2,1-3H3,(H,30,33)/t23-/m0/s1. The lowest BCUT2D eigenvalue weighted by atomic mass is 10.1. The molecule has 0 unspecified atom stereocenters. The molecule has 0 bridgehead atoms. The molecule has 10 heteroatoms. The third-order valence-electron chi connectivity index (χ3n) is 6.03. The maximum Gasteiger partial charge on any atom is 0.332 e. The van der Waals surface area contributed by atoms with Crippen LogP contribution in [0.5, 0.6) is 17.2 Å². The second-order valence-corrected chi connectivity index (χ2v) is 8.48. The number of carbonyl (C=O) groups excluding carboxylic acids is 3. The van der Waals surface area contributed by atoms with Crippen LogP contribution in [0.3, 0.4) is 0 Å². The number of nitrogens with zero attached hydrogens (tertiary/aromatic N) is 2. The molecule has 0 aromatic heterocycles.